The molecule has 4 N–H and O–H groups in total. The van der Waals surface area contributed by atoms with Crippen molar-refractivity contribution in [1.82, 2.24) is 19.9 Å². The summed E-state index contributed by atoms with van der Waals surface area (Å²) in [5.41, 5.74) is 12.3. The van der Waals surface area contributed by atoms with Crippen LogP contribution in [0.25, 0.3) is 0 Å². The first-order chi connectivity index (χ1) is 19.8. The first-order valence-corrected chi connectivity index (χ1v) is 14.5. The fraction of sp³-hybridized carbons (Fsp3) is 0.222. The van der Waals surface area contributed by atoms with Gasteiger partial charge in [-0.2, -0.15) is 0 Å². The Hall–Kier alpha value is -4.44. The van der Waals surface area contributed by atoms with Gasteiger partial charge in [-0.3, -0.25) is 0 Å². The minimum absolute atomic E-state index is 0.216. The zero-order chi connectivity index (χ0) is 26.7. The van der Waals surface area contributed by atoms with Crippen LogP contribution in [-0.4, -0.2) is 19.9 Å². The second-order valence-electron chi connectivity index (χ2n) is 11.2. The zero-order valence-corrected chi connectivity index (χ0v) is 22.7. The van der Waals surface area contributed by atoms with Crippen molar-refractivity contribution >= 4 is 0 Å². The van der Waals surface area contributed by atoms with Crippen LogP contribution in [0.3, 0.4) is 0 Å². The molecule has 6 aromatic rings. The minimum Gasteiger partial charge on any atom is -0.365 e. The van der Waals surface area contributed by atoms with Crippen LogP contribution in [0, 0.1) is 0 Å². The lowest BCUT2D eigenvalue weighted by molar-refractivity contribution is 0.505. The Bertz CT molecular complexity index is 1640. The maximum Gasteiger partial charge on any atom is 0.0467 e. The van der Waals surface area contributed by atoms with E-state index in [1.54, 1.807) is 0 Å². The molecule has 2 aromatic carbocycles. The number of H-pyrrole nitrogens is 4. The average Bonchev–Trinajstić information content (AvgIpc) is 3.83. The largest absolute Gasteiger partial charge is 0.365 e. The highest BCUT2D eigenvalue weighted by molar-refractivity contribution is 5.46. The molecule has 0 saturated carbocycles. The predicted octanol–water partition coefficient (Wildman–Crippen LogP) is 7.83. The number of aromatic nitrogens is 4. The monoisotopic (exact) mass is 524 g/mol. The summed E-state index contributed by atoms with van der Waals surface area (Å²) in [5, 5.41) is 0. The van der Waals surface area contributed by atoms with Crippen LogP contribution in [0.2, 0.25) is 0 Å². The van der Waals surface area contributed by atoms with Crippen molar-refractivity contribution in [3.8, 4) is 0 Å². The molecule has 0 amide bonds. The lowest BCUT2D eigenvalue weighted by Crippen LogP contribution is -2.18. The first-order valence-electron chi connectivity index (χ1n) is 14.5. The quantitative estimate of drug-likeness (QED) is 0.141. The number of hydrogen-bond acceptors (Lipinski definition) is 0. The summed E-state index contributed by atoms with van der Waals surface area (Å²) in [7, 11) is 0. The van der Waals surface area contributed by atoms with E-state index >= 15 is 0 Å². The highest BCUT2D eigenvalue weighted by Crippen LogP contribution is 2.52. The summed E-state index contributed by atoms with van der Waals surface area (Å²) in [5.74, 6) is 0.960. The molecule has 3 atom stereocenters. The smallest absolute Gasteiger partial charge is 0.0467 e. The summed E-state index contributed by atoms with van der Waals surface area (Å²) < 4.78 is 0. The number of fused-ring (bicyclic) bond motifs is 1. The van der Waals surface area contributed by atoms with Gasteiger partial charge in [0.05, 0.1) is 0 Å². The van der Waals surface area contributed by atoms with Crippen LogP contribution in [-0.2, 0) is 32.1 Å². The van der Waals surface area contributed by atoms with Crippen LogP contribution < -0.4 is 0 Å². The predicted molar refractivity (Wildman–Crippen MR) is 162 cm³/mol. The molecule has 40 heavy (non-hydrogen) atoms. The van der Waals surface area contributed by atoms with Gasteiger partial charge in [0.15, 0.2) is 0 Å². The van der Waals surface area contributed by atoms with E-state index in [-0.39, 0.29) is 5.92 Å². The van der Waals surface area contributed by atoms with Gasteiger partial charge in [0.25, 0.3) is 0 Å². The van der Waals surface area contributed by atoms with Crippen LogP contribution in [0.1, 0.15) is 68.5 Å². The van der Waals surface area contributed by atoms with Gasteiger partial charge in [-0.25, -0.2) is 0 Å². The number of aromatic amines is 4. The van der Waals surface area contributed by atoms with E-state index in [2.05, 4.69) is 129 Å². The minimum atomic E-state index is 0.216. The van der Waals surface area contributed by atoms with Gasteiger partial charge in [-0.1, -0.05) is 48.5 Å². The first kappa shape index (κ1) is 24.6. The van der Waals surface area contributed by atoms with Crippen LogP contribution >= 0.6 is 0 Å². The van der Waals surface area contributed by atoms with E-state index in [0.29, 0.717) is 11.8 Å². The lowest BCUT2D eigenvalue weighted by atomic mass is 9.76. The van der Waals surface area contributed by atoms with Gasteiger partial charge in [0.1, 0.15) is 0 Å². The van der Waals surface area contributed by atoms with Crippen molar-refractivity contribution in [3.05, 3.63) is 166 Å². The van der Waals surface area contributed by atoms with E-state index in [4.69, 9.17) is 0 Å². The molecule has 7 rings (SSSR count). The Kier molecular flexibility index (Phi) is 6.75. The van der Waals surface area contributed by atoms with E-state index < -0.39 is 0 Å². The summed E-state index contributed by atoms with van der Waals surface area (Å²) in [6.45, 7) is 0. The SMILES string of the molecule is c1c[nH]c(CCc2ccccc2CCc2ccc(C(c3ccc[nH]3)C3c4ccccc4CC3c3ccc[nH]3)[nH]2)c1. The van der Waals surface area contributed by atoms with E-state index in [1.807, 2.05) is 6.20 Å². The Morgan fingerprint density at radius 1 is 0.575 bits per heavy atom. The second-order valence-corrected chi connectivity index (χ2v) is 11.2. The number of rotatable bonds is 10. The number of benzene rings is 2. The number of aryl methyl sites for hydroxylation is 4. The van der Waals surface area contributed by atoms with Crippen molar-refractivity contribution in [3.63, 3.8) is 0 Å². The molecule has 3 unspecified atom stereocenters. The van der Waals surface area contributed by atoms with Gasteiger partial charge in [0, 0.05) is 64.8 Å². The molecule has 0 fully saturated rings. The standard InChI is InChI=1S/C36H36N4/c1-2-9-26(25(8-1)15-17-28-11-5-21-37-28)16-18-29-19-20-34(40-29)36(33-14-7-23-39-33)35-30-12-4-3-10-27(30)24-31(35)32-13-6-22-38-32/h1-14,19-23,31,35-40H,15-18,24H2. The van der Waals surface area contributed by atoms with Crippen LogP contribution in [0.15, 0.2) is 116 Å². The molecule has 4 aromatic heterocycles. The van der Waals surface area contributed by atoms with Crippen molar-refractivity contribution in [2.24, 2.45) is 0 Å². The Labute approximate surface area is 235 Å². The molecule has 4 nitrogen and oxygen atoms in total. The van der Waals surface area contributed by atoms with Crippen molar-refractivity contribution < 1.29 is 0 Å². The topological polar surface area (TPSA) is 63.2 Å². The second kappa shape index (κ2) is 11.0. The Balaban J connectivity index is 1.16. The highest BCUT2D eigenvalue weighted by Gasteiger charge is 2.41. The molecule has 200 valence electrons. The Morgan fingerprint density at radius 3 is 2.05 bits per heavy atom. The molecular formula is C36H36N4. The highest BCUT2D eigenvalue weighted by atomic mass is 14.8. The van der Waals surface area contributed by atoms with E-state index in [0.717, 1.165) is 32.1 Å². The number of nitrogens with one attached hydrogen (secondary N) is 4. The normalized spacial score (nSPS) is 17.2. The fourth-order valence-electron chi connectivity index (χ4n) is 6.90. The van der Waals surface area contributed by atoms with Crippen molar-refractivity contribution in [1.29, 1.82) is 0 Å². The lowest BCUT2D eigenvalue weighted by Gasteiger charge is -2.28. The molecular weight excluding hydrogens is 488 g/mol. The molecule has 1 aliphatic carbocycles. The fourth-order valence-corrected chi connectivity index (χ4v) is 6.90. The summed E-state index contributed by atoms with van der Waals surface area (Å²) >= 11 is 0. The maximum atomic E-state index is 3.88. The van der Waals surface area contributed by atoms with E-state index in [1.165, 1.54) is 50.7 Å². The van der Waals surface area contributed by atoms with E-state index in [9.17, 15) is 0 Å². The van der Waals surface area contributed by atoms with Gasteiger partial charge in [-0.15, -0.1) is 0 Å². The van der Waals surface area contributed by atoms with Gasteiger partial charge in [0.2, 0.25) is 0 Å². The van der Waals surface area contributed by atoms with Crippen LogP contribution in [0.4, 0.5) is 0 Å². The maximum absolute atomic E-state index is 3.88. The van der Waals surface area contributed by atoms with Crippen molar-refractivity contribution in [2.45, 2.75) is 49.9 Å². The molecule has 0 spiro atoms. The molecule has 1 aliphatic rings. The van der Waals surface area contributed by atoms with Gasteiger partial charge >= 0.3 is 0 Å². The van der Waals surface area contributed by atoms with Crippen LogP contribution in [0.5, 0.6) is 0 Å². The molecule has 0 saturated heterocycles. The third kappa shape index (κ3) is 4.86. The molecule has 4 heterocycles. The molecule has 0 aliphatic heterocycles. The molecule has 0 bridgehead atoms. The molecule has 4 heteroatoms. The van der Waals surface area contributed by atoms with Gasteiger partial charge < -0.3 is 19.9 Å². The summed E-state index contributed by atoms with van der Waals surface area (Å²) in [6, 6.07) is 35.6. The Morgan fingerprint density at radius 2 is 1.30 bits per heavy atom. The third-order valence-corrected chi connectivity index (χ3v) is 8.84. The average molecular weight is 525 g/mol. The van der Waals surface area contributed by atoms with Gasteiger partial charge in [-0.05, 0) is 103 Å². The molecule has 0 radical (unpaired) electrons. The van der Waals surface area contributed by atoms with Crippen molar-refractivity contribution in [2.75, 3.05) is 0 Å². The summed E-state index contributed by atoms with van der Waals surface area (Å²) in [6.07, 6.45) is 11.3. The zero-order valence-electron chi connectivity index (χ0n) is 22.7. The summed E-state index contributed by atoms with van der Waals surface area (Å²) in [4.78, 5) is 14.3. The third-order valence-electron chi connectivity index (χ3n) is 8.84. The number of hydrogen-bond donors (Lipinski definition) is 4.